The third-order valence-electron chi connectivity index (χ3n) is 3.92. The SMILES string of the molecule is CC(C)(C)C(=O)n1nc(-c2cccc(=O)[nH]2)cc1CCc1ccc(Cl)s1. The van der Waals surface area contributed by atoms with Gasteiger partial charge >= 0.3 is 0 Å². The van der Waals surface area contributed by atoms with E-state index in [1.54, 1.807) is 12.1 Å². The summed E-state index contributed by atoms with van der Waals surface area (Å²) in [6.07, 6.45) is 1.42. The summed E-state index contributed by atoms with van der Waals surface area (Å²) in [4.78, 5) is 28.3. The van der Waals surface area contributed by atoms with Crippen molar-refractivity contribution in [3.8, 4) is 11.4 Å². The number of halogens is 1. The summed E-state index contributed by atoms with van der Waals surface area (Å²) >= 11 is 7.53. The molecule has 0 aliphatic heterocycles. The number of nitrogens with zero attached hydrogens (tertiary/aromatic N) is 2. The minimum absolute atomic E-state index is 0.0822. The second kappa shape index (κ2) is 7.21. The highest BCUT2D eigenvalue weighted by molar-refractivity contribution is 7.16. The van der Waals surface area contributed by atoms with Gasteiger partial charge in [0.1, 0.15) is 5.69 Å². The number of carbonyl (C=O) groups excluding carboxylic acids is 1. The highest BCUT2D eigenvalue weighted by Gasteiger charge is 2.26. The van der Waals surface area contributed by atoms with Crippen LogP contribution in [0.2, 0.25) is 4.34 Å². The van der Waals surface area contributed by atoms with E-state index in [2.05, 4.69) is 10.1 Å². The Morgan fingerprint density at radius 2 is 2.00 bits per heavy atom. The Labute approximate surface area is 160 Å². The molecule has 7 heteroatoms. The number of hydrogen-bond donors (Lipinski definition) is 1. The van der Waals surface area contributed by atoms with Crippen molar-refractivity contribution in [3.05, 3.63) is 61.7 Å². The molecule has 3 aromatic heterocycles. The lowest BCUT2D eigenvalue weighted by Crippen LogP contribution is -2.29. The molecule has 3 aromatic rings. The molecule has 0 fully saturated rings. The standard InChI is InChI=1S/C19H20ClN3O2S/c1-19(2,3)18(25)23-12(7-8-13-9-10-16(20)26-13)11-15(22-23)14-5-4-6-17(24)21-14/h4-6,9-11H,7-8H2,1-3H3,(H,21,24). The van der Waals surface area contributed by atoms with Crippen LogP contribution in [-0.2, 0) is 12.8 Å². The van der Waals surface area contributed by atoms with Crippen molar-refractivity contribution >= 4 is 28.8 Å². The first kappa shape index (κ1) is 18.6. The molecule has 0 aliphatic rings. The van der Waals surface area contributed by atoms with E-state index >= 15 is 0 Å². The summed E-state index contributed by atoms with van der Waals surface area (Å²) in [6, 6.07) is 10.6. The Balaban J connectivity index is 1.97. The van der Waals surface area contributed by atoms with Crippen molar-refractivity contribution in [2.24, 2.45) is 5.41 Å². The normalized spacial score (nSPS) is 11.7. The summed E-state index contributed by atoms with van der Waals surface area (Å²) in [5.74, 6) is -0.0822. The number of aryl methyl sites for hydroxylation is 2. The molecule has 0 unspecified atom stereocenters. The third kappa shape index (κ3) is 4.14. The molecule has 0 amide bonds. The fourth-order valence-corrected chi connectivity index (χ4v) is 3.64. The Kier molecular flexibility index (Phi) is 5.16. The Bertz CT molecular complexity index is 995. The molecular weight excluding hydrogens is 370 g/mol. The van der Waals surface area contributed by atoms with Gasteiger partial charge in [0.2, 0.25) is 5.56 Å². The van der Waals surface area contributed by atoms with Gasteiger partial charge in [-0.05, 0) is 37.1 Å². The van der Waals surface area contributed by atoms with E-state index in [1.807, 2.05) is 39.0 Å². The summed E-state index contributed by atoms with van der Waals surface area (Å²) in [7, 11) is 0. The zero-order valence-electron chi connectivity index (χ0n) is 14.9. The van der Waals surface area contributed by atoms with Gasteiger partial charge in [0, 0.05) is 22.1 Å². The largest absolute Gasteiger partial charge is 0.321 e. The summed E-state index contributed by atoms with van der Waals surface area (Å²) < 4.78 is 2.22. The maximum absolute atomic E-state index is 12.8. The van der Waals surface area contributed by atoms with Crippen LogP contribution in [0.3, 0.4) is 0 Å². The van der Waals surface area contributed by atoms with Gasteiger partial charge in [0.15, 0.2) is 0 Å². The first-order valence-electron chi connectivity index (χ1n) is 8.32. The van der Waals surface area contributed by atoms with Crippen LogP contribution in [0.1, 0.15) is 36.1 Å². The predicted octanol–water partition coefficient (Wildman–Crippen LogP) is 4.42. The third-order valence-corrected chi connectivity index (χ3v) is 5.21. The van der Waals surface area contributed by atoms with Gasteiger partial charge in [-0.15, -0.1) is 11.3 Å². The quantitative estimate of drug-likeness (QED) is 0.717. The fraction of sp³-hybridized carbons (Fsp3) is 0.316. The Morgan fingerprint density at radius 1 is 1.23 bits per heavy atom. The van der Waals surface area contributed by atoms with Crippen LogP contribution in [0, 0.1) is 5.41 Å². The number of thiophene rings is 1. The minimum atomic E-state index is -0.561. The minimum Gasteiger partial charge on any atom is -0.321 e. The van der Waals surface area contributed by atoms with Crippen LogP contribution in [0.25, 0.3) is 11.4 Å². The van der Waals surface area contributed by atoms with E-state index < -0.39 is 5.41 Å². The average molecular weight is 390 g/mol. The number of hydrogen-bond acceptors (Lipinski definition) is 4. The first-order chi connectivity index (χ1) is 12.2. The Morgan fingerprint density at radius 3 is 2.62 bits per heavy atom. The van der Waals surface area contributed by atoms with Crippen molar-refractivity contribution in [1.82, 2.24) is 14.8 Å². The van der Waals surface area contributed by atoms with Gasteiger partial charge in [-0.2, -0.15) is 5.10 Å². The molecular formula is C19H20ClN3O2S. The smallest absolute Gasteiger partial charge is 0.252 e. The molecule has 0 bridgehead atoms. The number of pyridine rings is 1. The zero-order chi connectivity index (χ0) is 18.9. The topological polar surface area (TPSA) is 67.8 Å². The molecule has 26 heavy (non-hydrogen) atoms. The molecule has 0 atom stereocenters. The number of rotatable bonds is 4. The van der Waals surface area contributed by atoms with Crippen molar-refractivity contribution in [1.29, 1.82) is 0 Å². The first-order valence-corrected chi connectivity index (χ1v) is 9.51. The lowest BCUT2D eigenvalue weighted by atomic mass is 9.95. The molecule has 5 nitrogen and oxygen atoms in total. The number of H-pyrrole nitrogens is 1. The highest BCUT2D eigenvalue weighted by Crippen LogP contribution is 2.25. The van der Waals surface area contributed by atoms with Crippen LogP contribution < -0.4 is 5.56 Å². The van der Waals surface area contributed by atoms with Crippen molar-refractivity contribution < 1.29 is 4.79 Å². The van der Waals surface area contributed by atoms with E-state index in [9.17, 15) is 9.59 Å². The van der Waals surface area contributed by atoms with Gasteiger partial charge in [-0.3, -0.25) is 9.59 Å². The van der Waals surface area contributed by atoms with E-state index in [1.165, 1.54) is 22.1 Å². The van der Waals surface area contributed by atoms with Crippen molar-refractivity contribution in [2.75, 3.05) is 0 Å². The lowest BCUT2D eigenvalue weighted by molar-refractivity contribution is 0.0745. The highest BCUT2D eigenvalue weighted by atomic mass is 35.5. The zero-order valence-corrected chi connectivity index (χ0v) is 16.4. The number of aromatic nitrogens is 3. The van der Waals surface area contributed by atoms with E-state index in [-0.39, 0.29) is 11.5 Å². The van der Waals surface area contributed by atoms with Gasteiger partial charge in [0.25, 0.3) is 5.91 Å². The molecule has 1 N–H and O–H groups in total. The molecule has 136 valence electrons. The molecule has 0 spiro atoms. The lowest BCUT2D eigenvalue weighted by Gasteiger charge is -2.17. The van der Waals surface area contributed by atoms with E-state index in [0.29, 0.717) is 17.8 Å². The Hall–Kier alpha value is -2.18. The molecule has 3 heterocycles. The fourth-order valence-electron chi connectivity index (χ4n) is 2.56. The van der Waals surface area contributed by atoms with Crippen LogP contribution in [-0.4, -0.2) is 20.7 Å². The van der Waals surface area contributed by atoms with Crippen LogP contribution in [0.5, 0.6) is 0 Å². The van der Waals surface area contributed by atoms with Crippen LogP contribution >= 0.6 is 22.9 Å². The monoisotopic (exact) mass is 389 g/mol. The van der Waals surface area contributed by atoms with E-state index in [4.69, 9.17) is 11.6 Å². The molecule has 0 aromatic carbocycles. The molecule has 3 rings (SSSR count). The summed E-state index contributed by atoms with van der Waals surface area (Å²) in [5.41, 5.74) is 1.23. The maximum Gasteiger partial charge on any atom is 0.252 e. The number of nitrogens with one attached hydrogen (secondary N) is 1. The van der Waals surface area contributed by atoms with Crippen LogP contribution in [0.4, 0.5) is 0 Å². The van der Waals surface area contributed by atoms with Gasteiger partial charge in [0.05, 0.1) is 10.0 Å². The molecule has 0 radical (unpaired) electrons. The van der Waals surface area contributed by atoms with Gasteiger partial charge < -0.3 is 4.98 Å². The van der Waals surface area contributed by atoms with E-state index in [0.717, 1.165) is 21.3 Å². The average Bonchev–Trinajstić information content (AvgIpc) is 3.17. The maximum atomic E-state index is 12.8. The molecule has 0 aliphatic carbocycles. The number of carbonyl (C=O) groups is 1. The van der Waals surface area contributed by atoms with Crippen molar-refractivity contribution in [2.45, 2.75) is 33.6 Å². The van der Waals surface area contributed by atoms with Gasteiger partial charge in [-0.25, -0.2) is 4.68 Å². The second-order valence-electron chi connectivity index (χ2n) is 7.12. The number of aromatic amines is 1. The molecule has 0 saturated carbocycles. The van der Waals surface area contributed by atoms with Crippen LogP contribution in [0.15, 0.2) is 41.2 Å². The molecule has 0 saturated heterocycles. The summed E-state index contributed by atoms with van der Waals surface area (Å²) in [5, 5.41) is 4.48. The predicted molar refractivity (Wildman–Crippen MR) is 105 cm³/mol. The van der Waals surface area contributed by atoms with Gasteiger partial charge in [-0.1, -0.05) is 38.4 Å². The second-order valence-corrected chi connectivity index (χ2v) is 8.92. The summed E-state index contributed by atoms with van der Waals surface area (Å²) in [6.45, 7) is 5.59. The van der Waals surface area contributed by atoms with Crippen molar-refractivity contribution in [3.63, 3.8) is 0 Å².